The van der Waals surface area contributed by atoms with Gasteiger partial charge in [-0.05, 0) is 17.7 Å². The lowest BCUT2D eigenvalue weighted by Gasteiger charge is -2.09. The molecule has 0 fully saturated rings. The predicted molar refractivity (Wildman–Crippen MR) is 71.3 cm³/mol. The molecule has 19 heavy (non-hydrogen) atoms. The smallest absolute Gasteiger partial charge is 0.243 e. The number of sulfonamides is 1. The number of halogens is 1. The average Bonchev–Trinajstić information content (AvgIpc) is 2.41. The Hall–Kier alpha value is -1.92. The van der Waals surface area contributed by atoms with E-state index >= 15 is 0 Å². The summed E-state index contributed by atoms with van der Waals surface area (Å²) in [5.41, 5.74) is 5.88. The first kappa shape index (κ1) is 13.5. The van der Waals surface area contributed by atoms with Gasteiger partial charge in [-0.25, -0.2) is 17.5 Å². The fourth-order valence-corrected chi connectivity index (χ4v) is 2.76. The number of para-hydroxylation sites is 1. The molecule has 0 bridgehead atoms. The number of hydrogen-bond donors (Lipinski definition) is 2. The highest BCUT2D eigenvalue weighted by Gasteiger charge is 2.18. The zero-order valence-electron chi connectivity index (χ0n) is 10.0. The fourth-order valence-electron chi connectivity index (χ4n) is 1.60. The summed E-state index contributed by atoms with van der Waals surface area (Å²) in [6.07, 6.45) is 0. The van der Waals surface area contributed by atoms with Gasteiger partial charge in [0.25, 0.3) is 0 Å². The van der Waals surface area contributed by atoms with Crippen LogP contribution in [0.2, 0.25) is 0 Å². The van der Waals surface area contributed by atoms with Crippen LogP contribution in [0, 0.1) is 5.82 Å². The first-order chi connectivity index (χ1) is 9.00. The normalized spacial score (nSPS) is 11.4. The van der Waals surface area contributed by atoms with E-state index < -0.39 is 15.8 Å². The van der Waals surface area contributed by atoms with Crippen molar-refractivity contribution in [1.29, 1.82) is 0 Å². The minimum atomic E-state index is -3.83. The predicted octanol–water partition coefficient (Wildman–Crippen LogP) is 1.89. The summed E-state index contributed by atoms with van der Waals surface area (Å²) in [6.45, 7) is 0.124. The lowest BCUT2D eigenvalue weighted by molar-refractivity contribution is 0.579. The van der Waals surface area contributed by atoms with E-state index in [1.165, 1.54) is 12.1 Å². The summed E-state index contributed by atoms with van der Waals surface area (Å²) in [5.74, 6) is -0.748. The molecule has 2 aromatic rings. The van der Waals surface area contributed by atoms with Gasteiger partial charge in [0.15, 0.2) is 0 Å². The maximum absolute atomic E-state index is 13.3. The number of benzene rings is 2. The summed E-state index contributed by atoms with van der Waals surface area (Å²) in [4.78, 5) is -0.247. The first-order valence-corrected chi connectivity index (χ1v) is 7.06. The van der Waals surface area contributed by atoms with Crippen LogP contribution >= 0.6 is 0 Å². The zero-order chi connectivity index (χ0) is 13.9. The Labute approximate surface area is 111 Å². The SMILES string of the molecule is Nc1c(F)cccc1S(=O)(=O)NCc1ccccc1. The summed E-state index contributed by atoms with van der Waals surface area (Å²) >= 11 is 0. The van der Waals surface area contributed by atoms with E-state index in [1.54, 1.807) is 24.3 Å². The molecule has 0 atom stereocenters. The fraction of sp³-hybridized carbons (Fsp3) is 0.0769. The first-order valence-electron chi connectivity index (χ1n) is 5.58. The zero-order valence-corrected chi connectivity index (χ0v) is 10.8. The minimum absolute atomic E-state index is 0.124. The molecule has 0 aliphatic heterocycles. The third kappa shape index (κ3) is 3.10. The quantitative estimate of drug-likeness (QED) is 0.840. The van der Waals surface area contributed by atoms with E-state index in [0.29, 0.717) is 0 Å². The Morgan fingerprint density at radius 1 is 1.05 bits per heavy atom. The Bertz CT molecular complexity index is 672. The van der Waals surface area contributed by atoms with E-state index in [9.17, 15) is 12.8 Å². The highest BCUT2D eigenvalue weighted by Crippen LogP contribution is 2.20. The molecule has 0 aliphatic carbocycles. The van der Waals surface area contributed by atoms with Crippen LogP contribution in [0.5, 0.6) is 0 Å². The molecule has 0 heterocycles. The summed E-state index contributed by atoms with van der Waals surface area (Å²) in [6, 6.07) is 12.7. The van der Waals surface area contributed by atoms with Gasteiger partial charge >= 0.3 is 0 Å². The molecular formula is C13H13FN2O2S. The average molecular weight is 280 g/mol. The van der Waals surface area contributed by atoms with Crippen LogP contribution in [0.1, 0.15) is 5.56 Å². The maximum atomic E-state index is 13.3. The van der Waals surface area contributed by atoms with Crippen molar-refractivity contribution in [2.45, 2.75) is 11.4 Å². The second-order valence-electron chi connectivity index (χ2n) is 3.96. The van der Waals surface area contributed by atoms with E-state index in [1.807, 2.05) is 6.07 Å². The standard InChI is InChI=1S/C13H13FN2O2S/c14-11-7-4-8-12(13(11)15)19(17,18)16-9-10-5-2-1-3-6-10/h1-8,16H,9,15H2. The number of nitrogens with one attached hydrogen (secondary N) is 1. The molecule has 0 saturated carbocycles. The highest BCUT2D eigenvalue weighted by molar-refractivity contribution is 7.89. The second kappa shape index (κ2) is 5.38. The topological polar surface area (TPSA) is 72.2 Å². The molecule has 4 nitrogen and oxygen atoms in total. The van der Waals surface area contributed by atoms with Crippen LogP contribution < -0.4 is 10.5 Å². The maximum Gasteiger partial charge on any atom is 0.243 e. The molecule has 2 aromatic carbocycles. The number of anilines is 1. The Kier molecular flexibility index (Phi) is 3.82. The molecule has 0 unspecified atom stereocenters. The van der Waals surface area contributed by atoms with Gasteiger partial charge in [-0.1, -0.05) is 36.4 Å². The van der Waals surface area contributed by atoms with Crippen LogP contribution in [0.25, 0.3) is 0 Å². The van der Waals surface area contributed by atoms with Gasteiger partial charge in [-0.3, -0.25) is 0 Å². The van der Waals surface area contributed by atoms with Crippen molar-refractivity contribution in [3.05, 3.63) is 59.9 Å². The van der Waals surface area contributed by atoms with Crippen molar-refractivity contribution < 1.29 is 12.8 Å². The van der Waals surface area contributed by atoms with Crippen molar-refractivity contribution in [2.75, 3.05) is 5.73 Å². The molecule has 0 saturated heterocycles. The molecular weight excluding hydrogens is 267 g/mol. The second-order valence-corrected chi connectivity index (χ2v) is 5.70. The minimum Gasteiger partial charge on any atom is -0.395 e. The van der Waals surface area contributed by atoms with Gasteiger partial charge < -0.3 is 5.73 Å². The van der Waals surface area contributed by atoms with Crippen molar-refractivity contribution in [3.63, 3.8) is 0 Å². The van der Waals surface area contributed by atoms with Crippen LogP contribution in [0.3, 0.4) is 0 Å². The summed E-state index contributed by atoms with van der Waals surface area (Å²) in [5, 5.41) is 0. The molecule has 0 amide bonds. The molecule has 0 aromatic heterocycles. The van der Waals surface area contributed by atoms with Gasteiger partial charge in [0.2, 0.25) is 10.0 Å². The Morgan fingerprint density at radius 3 is 2.42 bits per heavy atom. The molecule has 2 rings (SSSR count). The highest BCUT2D eigenvalue weighted by atomic mass is 32.2. The molecule has 100 valence electrons. The molecule has 0 spiro atoms. The van der Waals surface area contributed by atoms with Gasteiger partial charge in [0.1, 0.15) is 10.7 Å². The lowest BCUT2D eigenvalue weighted by Crippen LogP contribution is -2.24. The summed E-state index contributed by atoms with van der Waals surface area (Å²) in [7, 11) is -3.83. The van der Waals surface area contributed by atoms with E-state index in [-0.39, 0.29) is 17.1 Å². The summed E-state index contributed by atoms with van der Waals surface area (Å²) < 4.78 is 39.7. The van der Waals surface area contributed by atoms with Crippen molar-refractivity contribution in [3.8, 4) is 0 Å². The van der Waals surface area contributed by atoms with Gasteiger partial charge in [0, 0.05) is 6.54 Å². The molecule has 3 N–H and O–H groups in total. The van der Waals surface area contributed by atoms with Gasteiger partial charge in [-0.2, -0.15) is 0 Å². The van der Waals surface area contributed by atoms with Crippen molar-refractivity contribution >= 4 is 15.7 Å². The van der Waals surface area contributed by atoms with Gasteiger partial charge in [-0.15, -0.1) is 0 Å². The molecule has 6 heteroatoms. The lowest BCUT2D eigenvalue weighted by atomic mass is 10.2. The number of hydrogen-bond acceptors (Lipinski definition) is 3. The van der Waals surface area contributed by atoms with Crippen molar-refractivity contribution in [2.24, 2.45) is 0 Å². The van der Waals surface area contributed by atoms with Gasteiger partial charge in [0.05, 0.1) is 5.69 Å². The van der Waals surface area contributed by atoms with Crippen LogP contribution in [-0.2, 0) is 16.6 Å². The van der Waals surface area contributed by atoms with Crippen LogP contribution in [-0.4, -0.2) is 8.42 Å². The monoisotopic (exact) mass is 280 g/mol. The Morgan fingerprint density at radius 2 is 1.74 bits per heavy atom. The third-order valence-electron chi connectivity index (χ3n) is 2.61. The third-order valence-corrected chi connectivity index (χ3v) is 4.07. The largest absolute Gasteiger partial charge is 0.395 e. The van der Waals surface area contributed by atoms with Crippen LogP contribution in [0.15, 0.2) is 53.4 Å². The van der Waals surface area contributed by atoms with E-state index in [0.717, 1.165) is 11.6 Å². The van der Waals surface area contributed by atoms with E-state index in [2.05, 4.69) is 4.72 Å². The number of nitrogen functional groups attached to an aromatic ring is 1. The van der Waals surface area contributed by atoms with Crippen LogP contribution in [0.4, 0.5) is 10.1 Å². The molecule has 0 aliphatic rings. The Balaban J connectivity index is 2.22. The number of rotatable bonds is 4. The van der Waals surface area contributed by atoms with Crippen molar-refractivity contribution in [1.82, 2.24) is 4.72 Å². The van der Waals surface area contributed by atoms with E-state index in [4.69, 9.17) is 5.73 Å². The molecule has 0 radical (unpaired) electrons. The number of nitrogens with two attached hydrogens (primary N) is 1.